The maximum atomic E-state index is 10.9. The lowest BCUT2D eigenvalue weighted by Crippen LogP contribution is -2.62. The topological polar surface area (TPSA) is 29.5 Å². The first kappa shape index (κ1) is 18.8. The minimum atomic E-state index is -0.188. The van der Waals surface area contributed by atoms with Crippen LogP contribution >= 0.6 is 0 Å². The molecule has 2 nitrogen and oxygen atoms in total. The van der Waals surface area contributed by atoms with Gasteiger partial charge in [0, 0.05) is 5.41 Å². The molecular weight excluding hydrogens is 308 g/mol. The molecule has 2 aliphatic rings. The van der Waals surface area contributed by atoms with E-state index in [-0.39, 0.29) is 17.4 Å². The third-order valence-electron chi connectivity index (χ3n) is 8.03. The summed E-state index contributed by atoms with van der Waals surface area (Å²) < 4.78 is 5.58. The van der Waals surface area contributed by atoms with Crippen molar-refractivity contribution in [3.63, 3.8) is 0 Å². The van der Waals surface area contributed by atoms with Gasteiger partial charge in [0.15, 0.2) is 0 Å². The zero-order chi connectivity index (χ0) is 18.5. The molecule has 2 saturated carbocycles. The molecule has 2 fully saturated rings. The van der Waals surface area contributed by atoms with Gasteiger partial charge in [0.1, 0.15) is 5.75 Å². The van der Waals surface area contributed by atoms with Crippen LogP contribution in [0.3, 0.4) is 0 Å². The fourth-order valence-corrected chi connectivity index (χ4v) is 6.76. The Morgan fingerprint density at radius 3 is 2.48 bits per heavy atom. The van der Waals surface area contributed by atoms with Crippen molar-refractivity contribution < 1.29 is 9.84 Å². The summed E-state index contributed by atoms with van der Waals surface area (Å²) in [6, 6.07) is 6.58. The molecule has 1 N–H and O–H groups in total. The lowest BCUT2D eigenvalue weighted by atomic mass is 9.39. The molecule has 4 atom stereocenters. The SMILES string of the molecule is COc1cc(C)cc(C2(CO)C(C)CC[C@H]3C(C)(C)CCC[C@@]32C)c1. The predicted octanol–water partition coefficient (Wildman–Crippen LogP) is 5.50. The summed E-state index contributed by atoms with van der Waals surface area (Å²) in [6.45, 7) is 12.1. The van der Waals surface area contributed by atoms with Crippen molar-refractivity contribution >= 4 is 0 Å². The van der Waals surface area contributed by atoms with Crippen molar-refractivity contribution in [2.24, 2.45) is 22.7 Å². The number of methoxy groups -OCH3 is 1. The van der Waals surface area contributed by atoms with Crippen molar-refractivity contribution in [2.75, 3.05) is 13.7 Å². The first-order valence-corrected chi connectivity index (χ1v) is 9.98. The smallest absolute Gasteiger partial charge is 0.119 e. The third kappa shape index (κ3) is 2.63. The largest absolute Gasteiger partial charge is 0.497 e. The van der Waals surface area contributed by atoms with Crippen molar-refractivity contribution in [3.8, 4) is 5.75 Å². The lowest BCUT2D eigenvalue weighted by molar-refractivity contribution is -0.130. The molecule has 1 aromatic rings. The van der Waals surface area contributed by atoms with Crippen LogP contribution < -0.4 is 4.74 Å². The van der Waals surface area contributed by atoms with Crippen LogP contribution in [0.25, 0.3) is 0 Å². The van der Waals surface area contributed by atoms with Gasteiger partial charge >= 0.3 is 0 Å². The second kappa shape index (κ2) is 6.30. The molecule has 0 radical (unpaired) electrons. The standard InChI is InChI=1S/C23H36O2/c1-16-12-18(14-19(13-16)25-6)23(15-24)17(2)8-9-20-21(3,4)10-7-11-22(20,23)5/h12-14,17,20,24H,7-11,15H2,1-6H3/t17?,20-,22-,23?/m0/s1. The van der Waals surface area contributed by atoms with Crippen LogP contribution in [0.2, 0.25) is 0 Å². The van der Waals surface area contributed by atoms with Crippen LogP contribution in [0.15, 0.2) is 18.2 Å². The third-order valence-corrected chi connectivity index (χ3v) is 8.03. The number of aryl methyl sites for hydroxylation is 1. The van der Waals surface area contributed by atoms with E-state index in [4.69, 9.17) is 4.74 Å². The highest BCUT2D eigenvalue weighted by atomic mass is 16.5. The number of hydrogen-bond acceptors (Lipinski definition) is 2. The quantitative estimate of drug-likeness (QED) is 0.785. The van der Waals surface area contributed by atoms with Crippen LogP contribution in [0.4, 0.5) is 0 Å². The zero-order valence-electron chi connectivity index (χ0n) is 17.0. The first-order chi connectivity index (χ1) is 11.7. The molecule has 1 aromatic carbocycles. The lowest BCUT2D eigenvalue weighted by Gasteiger charge is -2.65. The van der Waals surface area contributed by atoms with Gasteiger partial charge in [-0.1, -0.05) is 40.2 Å². The number of ether oxygens (including phenoxy) is 1. The number of aliphatic hydroxyl groups excluding tert-OH is 1. The summed E-state index contributed by atoms with van der Waals surface area (Å²) in [7, 11) is 1.74. The summed E-state index contributed by atoms with van der Waals surface area (Å²) in [5.41, 5.74) is 2.79. The fraction of sp³-hybridized carbons (Fsp3) is 0.739. The monoisotopic (exact) mass is 344 g/mol. The molecule has 0 heterocycles. The van der Waals surface area contributed by atoms with Gasteiger partial charge in [0.25, 0.3) is 0 Å². The Morgan fingerprint density at radius 1 is 1.12 bits per heavy atom. The van der Waals surface area contributed by atoms with Crippen LogP contribution in [-0.2, 0) is 5.41 Å². The van der Waals surface area contributed by atoms with Gasteiger partial charge in [-0.25, -0.2) is 0 Å². The van der Waals surface area contributed by atoms with Crippen LogP contribution in [0.1, 0.15) is 70.9 Å². The molecule has 0 bridgehead atoms. The van der Waals surface area contributed by atoms with Gasteiger partial charge in [-0.3, -0.25) is 0 Å². The summed E-state index contributed by atoms with van der Waals surface area (Å²) >= 11 is 0. The van der Waals surface area contributed by atoms with Crippen molar-refractivity contribution in [3.05, 3.63) is 29.3 Å². The van der Waals surface area contributed by atoms with Crippen molar-refractivity contribution in [1.82, 2.24) is 0 Å². The van der Waals surface area contributed by atoms with E-state index in [0.29, 0.717) is 17.3 Å². The van der Waals surface area contributed by atoms with Gasteiger partial charge in [-0.2, -0.15) is 0 Å². The maximum absolute atomic E-state index is 10.9. The van der Waals surface area contributed by atoms with Gasteiger partial charge < -0.3 is 9.84 Å². The summed E-state index contributed by atoms with van der Waals surface area (Å²) in [5, 5.41) is 10.9. The van der Waals surface area contributed by atoms with Crippen molar-refractivity contribution in [1.29, 1.82) is 0 Å². The maximum Gasteiger partial charge on any atom is 0.119 e. The van der Waals surface area contributed by atoms with E-state index < -0.39 is 0 Å². The van der Waals surface area contributed by atoms with E-state index >= 15 is 0 Å². The van der Waals surface area contributed by atoms with Gasteiger partial charge in [0.2, 0.25) is 0 Å². The average Bonchev–Trinajstić information content (AvgIpc) is 2.53. The molecule has 0 spiro atoms. The molecule has 3 rings (SSSR count). The molecule has 0 aliphatic heterocycles. The fourth-order valence-electron chi connectivity index (χ4n) is 6.76. The molecule has 0 aromatic heterocycles. The Labute approximate surface area is 154 Å². The minimum absolute atomic E-state index is 0.125. The van der Waals surface area contributed by atoms with E-state index in [0.717, 1.165) is 5.75 Å². The molecule has 2 heteroatoms. The molecule has 2 aliphatic carbocycles. The number of rotatable bonds is 3. The Kier molecular flexibility index (Phi) is 4.73. The van der Waals surface area contributed by atoms with E-state index in [1.54, 1.807) is 7.11 Å². The number of fused-ring (bicyclic) bond motifs is 1. The van der Waals surface area contributed by atoms with Gasteiger partial charge in [0.05, 0.1) is 13.7 Å². The normalized spacial score (nSPS) is 37.4. The number of hydrogen-bond donors (Lipinski definition) is 1. The zero-order valence-corrected chi connectivity index (χ0v) is 17.0. The second-order valence-electron chi connectivity index (χ2n) is 9.66. The highest BCUT2D eigenvalue weighted by Gasteiger charge is 2.62. The Balaban J connectivity index is 2.22. The summed E-state index contributed by atoms with van der Waals surface area (Å²) in [5.74, 6) is 2.04. The molecule has 2 unspecified atom stereocenters. The minimum Gasteiger partial charge on any atom is -0.497 e. The molecule has 0 amide bonds. The van der Waals surface area contributed by atoms with Gasteiger partial charge in [-0.15, -0.1) is 0 Å². The summed E-state index contributed by atoms with van der Waals surface area (Å²) in [6.07, 6.45) is 6.26. The van der Waals surface area contributed by atoms with E-state index in [9.17, 15) is 5.11 Å². The molecule has 25 heavy (non-hydrogen) atoms. The van der Waals surface area contributed by atoms with Crippen LogP contribution in [-0.4, -0.2) is 18.8 Å². The predicted molar refractivity (Wildman–Crippen MR) is 104 cm³/mol. The Bertz CT molecular complexity index is 635. The van der Waals surface area contributed by atoms with Crippen molar-refractivity contribution in [2.45, 2.75) is 72.1 Å². The average molecular weight is 345 g/mol. The van der Waals surface area contributed by atoms with Gasteiger partial charge in [-0.05, 0) is 78.5 Å². The molecular formula is C23H36O2. The van der Waals surface area contributed by atoms with E-state index in [1.807, 2.05) is 0 Å². The Hall–Kier alpha value is -1.02. The van der Waals surface area contributed by atoms with E-state index in [1.165, 1.54) is 43.2 Å². The number of aliphatic hydroxyl groups is 1. The highest BCUT2D eigenvalue weighted by molar-refractivity contribution is 5.41. The highest BCUT2D eigenvalue weighted by Crippen LogP contribution is 2.66. The second-order valence-corrected chi connectivity index (χ2v) is 9.66. The summed E-state index contributed by atoms with van der Waals surface area (Å²) in [4.78, 5) is 0. The number of benzene rings is 1. The molecule has 0 saturated heterocycles. The van der Waals surface area contributed by atoms with E-state index in [2.05, 4.69) is 52.8 Å². The molecule has 140 valence electrons. The van der Waals surface area contributed by atoms with Crippen LogP contribution in [0, 0.1) is 29.6 Å². The first-order valence-electron chi connectivity index (χ1n) is 9.98. The van der Waals surface area contributed by atoms with Crippen LogP contribution in [0.5, 0.6) is 5.75 Å². The Morgan fingerprint density at radius 2 is 1.84 bits per heavy atom.